The van der Waals surface area contributed by atoms with E-state index in [4.69, 9.17) is 21.3 Å². The number of hydrogen-bond donors (Lipinski definition) is 1. The maximum atomic E-state index is 16.9. The summed E-state index contributed by atoms with van der Waals surface area (Å²) in [6.07, 6.45) is 1.57. The summed E-state index contributed by atoms with van der Waals surface area (Å²) in [6, 6.07) is 5.30. The van der Waals surface area contributed by atoms with Gasteiger partial charge in [0.1, 0.15) is 24.1 Å². The molecule has 0 radical (unpaired) electrons. The molecule has 2 saturated heterocycles. The molecule has 2 aliphatic heterocycles. The third kappa shape index (κ3) is 5.83. The highest BCUT2D eigenvalue weighted by molar-refractivity contribution is 6.35. The Labute approximate surface area is 266 Å². The average Bonchev–Trinajstić information content (AvgIpc) is 3.40. The number of hydrogen-bond acceptors (Lipinski definition) is 7. The van der Waals surface area contributed by atoms with Crippen LogP contribution in [0.15, 0.2) is 30.9 Å². The van der Waals surface area contributed by atoms with Crippen LogP contribution in [-0.4, -0.2) is 93.5 Å². The molecule has 2 aromatic carbocycles. The molecule has 1 amide bonds. The highest BCUT2D eigenvalue weighted by Gasteiger charge is 2.34. The summed E-state index contributed by atoms with van der Waals surface area (Å²) in [5.74, 6) is -0.228. The molecule has 12 heteroatoms. The summed E-state index contributed by atoms with van der Waals surface area (Å²) < 4.78 is 36.6. The molecule has 0 spiro atoms. The molecule has 0 saturated carbocycles. The standard InChI is InChI=1S/C33H38ClF2N7O2/c1-6-26(44)42-16-20(4)43(17-19(42)3)32-23-15-24(34)29(27-18(2)7-8-25-28(27)21(5)39-40-25)30(36)31(23)37-33(38-32)45-14-13-41-11-9-22(35)10-12-41/h6-8,15,19-20,22H,1,9-14,16-17H2,2-5H3,(H,39,40)/t19-,20+/m1/s1. The molecule has 238 valence electrons. The number of aryl methyl sites for hydroxylation is 2. The minimum absolute atomic E-state index is 0.0453. The van der Waals surface area contributed by atoms with Crippen molar-refractivity contribution in [2.24, 2.45) is 0 Å². The van der Waals surface area contributed by atoms with Crippen LogP contribution in [0.25, 0.3) is 32.9 Å². The molecule has 4 aromatic rings. The van der Waals surface area contributed by atoms with Crippen molar-refractivity contribution in [2.75, 3.05) is 44.2 Å². The molecule has 45 heavy (non-hydrogen) atoms. The number of halogens is 3. The van der Waals surface area contributed by atoms with E-state index >= 15 is 4.39 Å². The number of carbonyl (C=O) groups is 1. The second-order valence-corrected chi connectivity index (χ2v) is 12.6. The van der Waals surface area contributed by atoms with Crippen LogP contribution in [-0.2, 0) is 4.79 Å². The zero-order chi connectivity index (χ0) is 32.0. The zero-order valence-corrected chi connectivity index (χ0v) is 26.8. The average molecular weight is 638 g/mol. The van der Waals surface area contributed by atoms with E-state index in [9.17, 15) is 9.18 Å². The normalized spacial score (nSPS) is 19.9. The predicted molar refractivity (Wildman–Crippen MR) is 173 cm³/mol. The van der Waals surface area contributed by atoms with Gasteiger partial charge in [-0.2, -0.15) is 15.1 Å². The first-order valence-electron chi connectivity index (χ1n) is 15.4. The topological polar surface area (TPSA) is 90.5 Å². The smallest absolute Gasteiger partial charge is 0.319 e. The van der Waals surface area contributed by atoms with Crippen molar-refractivity contribution in [2.45, 2.75) is 58.8 Å². The van der Waals surface area contributed by atoms with E-state index in [-0.39, 0.29) is 46.7 Å². The number of aromatic amines is 1. The summed E-state index contributed by atoms with van der Waals surface area (Å²) in [5.41, 5.74) is 3.35. The fraction of sp³-hybridized carbons (Fsp3) is 0.455. The van der Waals surface area contributed by atoms with E-state index in [1.807, 2.05) is 39.8 Å². The number of carbonyl (C=O) groups excluding carboxylic acids is 1. The van der Waals surface area contributed by atoms with E-state index in [1.165, 1.54) is 6.08 Å². The Balaban J connectivity index is 1.45. The minimum atomic E-state index is -0.760. The van der Waals surface area contributed by atoms with Crippen molar-refractivity contribution >= 4 is 45.1 Å². The van der Waals surface area contributed by atoms with Crippen molar-refractivity contribution in [1.29, 1.82) is 0 Å². The van der Waals surface area contributed by atoms with Gasteiger partial charge in [-0.15, -0.1) is 0 Å². The summed E-state index contributed by atoms with van der Waals surface area (Å²) in [5, 5.41) is 8.84. The first kappa shape index (κ1) is 31.2. The molecule has 0 bridgehead atoms. The van der Waals surface area contributed by atoms with Gasteiger partial charge in [0.25, 0.3) is 0 Å². The van der Waals surface area contributed by atoms with E-state index in [2.05, 4.69) is 31.6 Å². The lowest BCUT2D eigenvalue weighted by Gasteiger charge is -2.44. The fourth-order valence-corrected chi connectivity index (χ4v) is 6.89. The van der Waals surface area contributed by atoms with Gasteiger partial charge in [-0.1, -0.05) is 24.2 Å². The quantitative estimate of drug-likeness (QED) is 0.248. The van der Waals surface area contributed by atoms with E-state index in [0.29, 0.717) is 62.3 Å². The molecule has 2 aromatic heterocycles. The fourth-order valence-electron chi connectivity index (χ4n) is 6.61. The second kappa shape index (κ2) is 12.5. The summed E-state index contributed by atoms with van der Waals surface area (Å²) in [6.45, 7) is 14.4. The van der Waals surface area contributed by atoms with Gasteiger partial charge in [0, 0.05) is 66.7 Å². The second-order valence-electron chi connectivity index (χ2n) is 12.2. The lowest BCUT2D eigenvalue weighted by atomic mass is 9.94. The van der Waals surface area contributed by atoms with Crippen LogP contribution in [0.5, 0.6) is 6.01 Å². The maximum Gasteiger partial charge on any atom is 0.319 e. The van der Waals surface area contributed by atoms with Gasteiger partial charge in [0.2, 0.25) is 5.91 Å². The Morgan fingerprint density at radius 3 is 2.64 bits per heavy atom. The largest absolute Gasteiger partial charge is 0.462 e. The summed E-state index contributed by atoms with van der Waals surface area (Å²) in [7, 11) is 0. The van der Waals surface area contributed by atoms with Gasteiger partial charge >= 0.3 is 6.01 Å². The Bertz CT molecular complexity index is 1770. The number of H-pyrrole nitrogens is 1. The maximum absolute atomic E-state index is 16.9. The Kier molecular flexibility index (Phi) is 8.67. The monoisotopic (exact) mass is 637 g/mol. The number of aromatic nitrogens is 4. The number of rotatable bonds is 7. The number of fused-ring (bicyclic) bond motifs is 2. The lowest BCUT2D eigenvalue weighted by Crippen LogP contribution is -2.58. The Morgan fingerprint density at radius 2 is 1.91 bits per heavy atom. The number of anilines is 1. The van der Waals surface area contributed by atoms with Gasteiger partial charge < -0.3 is 14.5 Å². The van der Waals surface area contributed by atoms with Crippen molar-refractivity contribution in [3.05, 3.63) is 53.0 Å². The number of piperidine rings is 1. The van der Waals surface area contributed by atoms with Crippen LogP contribution in [0.3, 0.4) is 0 Å². The molecular formula is C33H38ClF2N7O2. The number of benzene rings is 2. The van der Waals surface area contributed by atoms with E-state index in [1.54, 1.807) is 11.0 Å². The van der Waals surface area contributed by atoms with Gasteiger partial charge in [0.15, 0.2) is 5.82 Å². The highest BCUT2D eigenvalue weighted by Crippen LogP contribution is 2.43. The molecule has 2 fully saturated rings. The highest BCUT2D eigenvalue weighted by atomic mass is 35.5. The van der Waals surface area contributed by atoms with Crippen LogP contribution in [0.1, 0.15) is 37.9 Å². The Morgan fingerprint density at radius 1 is 1.16 bits per heavy atom. The zero-order valence-electron chi connectivity index (χ0n) is 26.0. The minimum Gasteiger partial charge on any atom is -0.462 e. The van der Waals surface area contributed by atoms with Gasteiger partial charge in [0.05, 0.1) is 16.2 Å². The molecule has 4 heterocycles. The number of alkyl halides is 1. The van der Waals surface area contributed by atoms with Crippen LogP contribution >= 0.6 is 11.6 Å². The van der Waals surface area contributed by atoms with Crippen LogP contribution < -0.4 is 9.64 Å². The van der Waals surface area contributed by atoms with E-state index in [0.717, 1.165) is 22.2 Å². The number of likely N-dealkylation sites (tertiary alicyclic amines) is 1. The number of nitrogens with one attached hydrogen (secondary N) is 1. The van der Waals surface area contributed by atoms with Gasteiger partial charge in [-0.25, -0.2) is 8.78 Å². The van der Waals surface area contributed by atoms with Crippen molar-refractivity contribution in [3.8, 4) is 17.1 Å². The van der Waals surface area contributed by atoms with E-state index < -0.39 is 12.0 Å². The van der Waals surface area contributed by atoms with Crippen molar-refractivity contribution in [3.63, 3.8) is 0 Å². The summed E-state index contributed by atoms with van der Waals surface area (Å²) >= 11 is 6.94. The molecular weight excluding hydrogens is 600 g/mol. The number of amides is 1. The van der Waals surface area contributed by atoms with Crippen molar-refractivity contribution < 1.29 is 18.3 Å². The van der Waals surface area contributed by atoms with Gasteiger partial charge in [-0.3, -0.25) is 14.8 Å². The molecule has 1 N–H and O–H groups in total. The van der Waals surface area contributed by atoms with Crippen LogP contribution in [0.4, 0.5) is 14.6 Å². The van der Waals surface area contributed by atoms with Gasteiger partial charge in [-0.05, 0) is 64.3 Å². The molecule has 0 unspecified atom stereocenters. The third-order valence-electron chi connectivity index (χ3n) is 9.08. The number of ether oxygens (including phenoxy) is 1. The molecule has 9 nitrogen and oxygen atoms in total. The van der Waals surface area contributed by atoms with Crippen LogP contribution in [0, 0.1) is 19.7 Å². The third-order valence-corrected chi connectivity index (χ3v) is 9.38. The lowest BCUT2D eigenvalue weighted by molar-refractivity contribution is -0.128. The molecule has 2 aliphatic rings. The number of nitrogens with zero attached hydrogens (tertiary/aromatic N) is 6. The molecule has 6 rings (SSSR count). The molecule has 0 aliphatic carbocycles. The van der Waals surface area contributed by atoms with Crippen LogP contribution in [0.2, 0.25) is 5.02 Å². The molecule has 2 atom stereocenters. The van der Waals surface area contributed by atoms with Crippen molar-refractivity contribution in [1.82, 2.24) is 30.0 Å². The predicted octanol–water partition coefficient (Wildman–Crippen LogP) is 6.01. The first-order chi connectivity index (χ1) is 21.6. The summed E-state index contributed by atoms with van der Waals surface area (Å²) in [4.78, 5) is 27.9. The first-order valence-corrected chi connectivity index (χ1v) is 15.8. The SMILES string of the molecule is C=CC(=O)N1C[C@H](C)N(c2nc(OCCN3CCC(F)CC3)nc3c(F)c(-c4c(C)ccc5[nH]nc(C)c45)c(Cl)cc23)C[C@H]1C. The number of piperazine rings is 1. The Hall–Kier alpha value is -3.83.